The lowest BCUT2D eigenvalue weighted by Gasteiger charge is -2.13. The van der Waals surface area contributed by atoms with E-state index in [1.165, 1.54) is 30.8 Å². The summed E-state index contributed by atoms with van der Waals surface area (Å²) >= 11 is 0. The van der Waals surface area contributed by atoms with Crippen molar-refractivity contribution < 1.29 is 9.59 Å². The number of carbonyl (C=O) groups is 2. The van der Waals surface area contributed by atoms with Crippen LogP contribution in [0.2, 0.25) is 0 Å². The monoisotopic (exact) mass is 329 g/mol. The van der Waals surface area contributed by atoms with Crippen LogP contribution in [0.1, 0.15) is 73.1 Å². The number of hydrogen-bond donors (Lipinski definition) is 2. The highest BCUT2D eigenvalue weighted by Crippen LogP contribution is 2.19. The summed E-state index contributed by atoms with van der Waals surface area (Å²) in [6.07, 6.45) is 11.8. The average molecular weight is 329 g/mol. The van der Waals surface area contributed by atoms with E-state index < -0.39 is 0 Å². The van der Waals surface area contributed by atoms with E-state index in [4.69, 9.17) is 0 Å². The summed E-state index contributed by atoms with van der Waals surface area (Å²) in [5, 5.41) is 5.79. The first-order valence-corrected chi connectivity index (χ1v) is 8.82. The van der Waals surface area contributed by atoms with E-state index in [1.807, 2.05) is 13.8 Å². The minimum absolute atomic E-state index is 0.0961. The van der Waals surface area contributed by atoms with Gasteiger partial charge in [-0.2, -0.15) is 0 Å². The van der Waals surface area contributed by atoms with Crippen LogP contribution in [0.4, 0.5) is 0 Å². The van der Waals surface area contributed by atoms with Gasteiger partial charge in [0.15, 0.2) is 0 Å². The molecule has 0 saturated heterocycles. The number of rotatable bonds is 7. The third-order valence-corrected chi connectivity index (χ3v) is 4.37. The van der Waals surface area contributed by atoms with Crippen molar-refractivity contribution in [2.75, 3.05) is 6.54 Å². The second-order valence-electron chi connectivity index (χ2n) is 6.36. The van der Waals surface area contributed by atoms with Gasteiger partial charge < -0.3 is 10.6 Å². The Bertz CT molecular complexity index is 610. The molecule has 5 nitrogen and oxygen atoms in total. The van der Waals surface area contributed by atoms with Gasteiger partial charge in [-0.15, -0.1) is 0 Å². The van der Waals surface area contributed by atoms with E-state index in [0.29, 0.717) is 17.7 Å². The van der Waals surface area contributed by atoms with Crippen LogP contribution in [0.15, 0.2) is 30.1 Å². The third-order valence-electron chi connectivity index (χ3n) is 4.37. The lowest BCUT2D eigenvalue weighted by Crippen LogP contribution is -2.32. The first-order chi connectivity index (χ1) is 11.6. The fraction of sp³-hybridized carbons (Fsp3) is 0.526. The summed E-state index contributed by atoms with van der Waals surface area (Å²) in [4.78, 5) is 28.4. The molecule has 0 aliphatic heterocycles. The Kier molecular flexibility index (Phi) is 6.97. The number of hydrogen-bond acceptors (Lipinski definition) is 3. The Morgan fingerprint density at radius 1 is 1.21 bits per heavy atom. The number of aromatic nitrogens is 1. The molecular weight excluding hydrogens is 302 g/mol. The minimum Gasteiger partial charge on any atom is -0.352 e. The van der Waals surface area contributed by atoms with E-state index in [0.717, 1.165) is 25.7 Å². The molecule has 2 N–H and O–H groups in total. The van der Waals surface area contributed by atoms with Gasteiger partial charge in [-0.3, -0.25) is 14.6 Å². The predicted molar refractivity (Wildman–Crippen MR) is 95.0 cm³/mol. The first kappa shape index (κ1) is 18.2. The highest BCUT2D eigenvalue weighted by molar-refractivity contribution is 5.99. The SMILES string of the molecule is CCC(C)NC(=O)c1cncc(C(=O)NCCC2=CCCCC2)c1. The molecule has 0 bridgehead atoms. The van der Waals surface area contributed by atoms with Crippen LogP contribution in [0, 0.1) is 0 Å². The highest BCUT2D eigenvalue weighted by Gasteiger charge is 2.13. The standard InChI is InChI=1S/C19H27N3O2/c1-3-14(2)22-19(24)17-11-16(12-20-13-17)18(23)21-10-9-15-7-5-4-6-8-15/h7,11-14H,3-6,8-10H2,1-2H3,(H,21,23)(H,22,24). The zero-order valence-corrected chi connectivity index (χ0v) is 14.6. The van der Waals surface area contributed by atoms with E-state index in [-0.39, 0.29) is 17.9 Å². The number of allylic oxidation sites excluding steroid dienone is 1. The minimum atomic E-state index is -0.195. The predicted octanol–water partition coefficient (Wildman–Crippen LogP) is 3.23. The fourth-order valence-electron chi connectivity index (χ4n) is 2.67. The third kappa shape index (κ3) is 5.48. The lowest BCUT2D eigenvalue weighted by molar-refractivity contribution is 0.0939. The van der Waals surface area contributed by atoms with E-state index in [2.05, 4.69) is 21.7 Å². The second-order valence-corrected chi connectivity index (χ2v) is 6.36. The largest absolute Gasteiger partial charge is 0.352 e. The molecule has 24 heavy (non-hydrogen) atoms. The maximum Gasteiger partial charge on any atom is 0.253 e. The van der Waals surface area contributed by atoms with Gasteiger partial charge >= 0.3 is 0 Å². The van der Waals surface area contributed by atoms with Crippen molar-refractivity contribution in [3.8, 4) is 0 Å². The Balaban J connectivity index is 1.88. The van der Waals surface area contributed by atoms with Gasteiger partial charge in [0, 0.05) is 25.0 Å². The first-order valence-electron chi connectivity index (χ1n) is 8.82. The van der Waals surface area contributed by atoms with Crippen molar-refractivity contribution >= 4 is 11.8 Å². The van der Waals surface area contributed by atoms with Gasteiger partial charge in [0.25, 0.3) is 11.8 Å². The lowest BCUT2D eigenvalue weighted by atomic mass is 9.97. The van der Waals surface area contributed by atoms with Crippen LogP contribution in [0.5, 0.6) is 0 Å². The summed E-state index contributed by atoms with van der Waals surface area (Å²) in [5.41, 5.74) is 2.27. The number of amides is 2. The molecule has 1 aromatic heterocycles. The molecule has 1 aliphatic carbocycles. The highest BCUT2D eigenvalue weighted by atomic mass is 16.2. The van der Waals surface area contributed by atoms with Crippen LogP contribution in [0.25, 0.3) is 0 Å². The van der Waals surface area contributed by atoms with Gasteiger partial charge in [0.1, 0.15) is 0 Å². The van der Waals surface area contributed by atoms with Gasteiger partial charge in [-0.1, -0.05) is 18.6 Å². The average Bonchev–Trinajstić information content (AvgIpc) is 2.62. The van der Waals surface area contributed by atoms with Crippen molar-refractivity contribution in [2.24, 2.45) is 0 Å². The summed E-state index contributed by atoms with van der Waals surface area (Å²) in [7, 11) is 0. The number of nitrogens with zero attached hydrogens (tertiary/aromatic N) is 1. The van der Waals surface area contributed by atoms with E-state index >= 15 is 0 Å². The van der Waals surface area contributed by atoms with Gasteiger partial charge in [0.2, 0.25) is 0 Å². The summed E-state index contributed by atoms with van der Waals surface area (Å²) in [5.74, 6) is -0.379. The molecule has 0 spiro atoms. The Hall–Kier alpha value is -2.17. The molecule has 0 saturated carbocycles. The number of nitrogens with one attached hydrogen (secondary N) is 2. The van der Waals surface area contributed by atoms with Crippen molar-refractivity contribution in [2.45, 2.75) is 58.4 Å². The molecule has 0 radical (unpaired) electrons. The van der Waals surface area contributed by atoms with Crippen molar-refractivity contribution in [3.05, 3.63) is 41.2 Å². The molecule has 0 fully saturated rings. The molecule has 1 unspecified atom stereocenters. The van der Waals surface area contributed by atoms with Gasteiger partial charge in [0.05, 0.1) is 11.1 Å². The van der Waals surface area contributed by atoms with Gasteiger partial charge in [-0.25, -0.2) is 0 Å². The van der Waals surface area contributed by atoms with Gasteiger partial charge in [-0.05, 0) is 51.5 Å². The van der Waals surface area contributed by atoms with Crippen LogP contribution in [0.3, 0.4) is 0 Å². The Morgan fingerprint density at radius 3 is 2.62 bits per heavy atom. The summed E-state index contributed by atoms with van der Waals surface area (Å²) in [6.45, 7) is 4.57. The van der Waals surface area contributed by atoms with Crippen molar-refractivity contribution in [1.29, 1.82) is 0 Å². The zero-order chi connectivity index (χ0) is 17.4. The van der Waals surface area contributed by atoms with Crippen molar-refractivity contribution in [3.63, 3.8) is 0 Å². The van der Waals surface area contributed by atoms with Crippen LogP contribution >= 0.6 is 0 Å². The summed E-state index contributed by atoms with van der Waals surface area (Å²) in [6, 6.07) is 1.69. The molecule has 130 valence electrons. The molecule has 1 atom stereocenters. The Morgan fingerprint density at radius 2 is 1.96 bits per heavy atom. The van der Waals surface area contributed by atoms with E-state index in [9.17, 15) is 9.59 Å². The van der Waals surface area contributed by atoms with Crippen LogP contribution in [-0.4, -0.2) is 29.4 Å². The molecule has 5 heteroatoms. The topological polar surface area (TPSA) is 71.1 Å². The van der Waals surface area contributed by atoms with Crippen LogP contribution in [-0.2, 0) is 0 Å². The second kappa shape index (κ2) is 9.21. The number of pyridine rings is 1. The molecular formula is C19H27N3O2. The molecule has 2 rings (SSSR count). The molecule has 2 amide bonds. The normalized spacial score (nSPS) is 15.3. The molecule has 1 aliphatic rings. The quantitative estimate of drug-likeness (QED) is 0.755. The van der Waals surface area contributed by atoms with Crippen LogP contribution < -0.4 is 10.6 Å². The smallest absolute Gasteiger partial charge is 0.253 e. The molecule has 1 heterocycles. The fourth-order valence-corrected chi connectivity index (χ4v) is 2.67. The summed E-state index contributed by atoms with van der Waals surface area (Å²) < 4.78 is 0. The Labute approximate surface area is 143 Å². The molecule has 0 aromatic carbocycles. The number of carbonyl (C=O) groups excluding carboxylic acids is 2. The molecule has 1 aromatic rings. The zero-order valence-electron chi connectivity index (χ0n) is 14.6. The van der Waals surface area contributed by atoms with Crippen molar-refractivity contribution in [1.82, 2.24) is 15.6 Å². The van der Waals surface area contributed by atoms with E-state index in [1.54, 1.807) is 6.07 Å². The maximum absolute atomic E-state index is 12.2. The maximum atomic E-state index is 12.2.